The number of carbonyl (C=O) groups excluding carboxylic acids is 2. The lowest BCUT2D eigenvalue weighted by molar-refractivity contribution is -0.126. The average Bonchev–Trinajstić information content (AvgIpc) is 2.96. The number of nitrogens with zero attached hydrogens (tertiary/aromatic N) is 1. The fraction of sp³-hybridized carbons (Fsp3) is 0.300. The first-order valence-electron chi connectivity index (χ1n) is 8.23. The van der Waals surface area contributed by atoms with E-state index in [2.05, 4.69) is 5.32 Å². The molecule has 0 aromatic heterocycles. The van der Waals surface area contributed by atoms with Crippen molar-refractivity contribution in [1.82, 2.24) is 5.32 Å². The molecule has 1 aliphatic rings. The summed E-state index contributed by atoms with van der Waals surface area (Å²) in [4.78, 5) is 26.4. The summed E-state index contributed by atoms with van der Waals surface area (Å²) in [7, 11) is 0. The maximum absolute atomic E-state index is 12.4. The molecule has 0 radical (unpaired) electrons. The van der Waals surface area contributed by atoms with E-state index in [0.717, 1.165) is 16.8 Å². The van der Waals surface area contributed by atoms with Gasteiger partial charge < -0.3 is 10.2 Å². The Bertz CT molecular complexity index is 752. The molecular weight excluding hydrogens is 300 g/mol. The molecule has 2 aromatic carbocycles. The fourth-order valence-corrected chi connectivity index (χ4v) is 2.97. The fourth-order valence-electron chi connectivity index (χ4n) is 2.97. The van der Waals surface area contributed by atoms with Crippen LogP contribution in [0.5, 0.6) is 0 Å². The summed E-state index contributed by atoms with van der Waals surface area (Å²) in [6.07, 6.45) is 0.272. The lowest BCUT2D eigenvalue weighted by Crippen LogP contribution is -2.32. The standard InChI is InChI=1S/C20H22N2O2/c1-14-6-8-16(9-7-14)12-21-20(24)17-11-19(23)22(13-17)18-5-3-4-15(2)10-18/h3-10,17H,11-13H2,1-2H3,(H,21,24)/t17-/m0/s1. The third-order valence-corrected chi connectivity index (χ3v) is 4.40. The highest BCUT2D eigenvalue weighted by atomic mass is 16.2. The summed E-state index contributed by atoms with van der Waals surface area (Å²) in [5.41, 5.74) is 4.23. The van der Waals surface area contributed by atoms with Crippen LogP contribution in [0.3, 0.4) is 0 Å². The summed E-state index contributed by atoms with van der Waals surface area (Å²) in [6, 6.07) is 15.9. The van der Waals surface area contributed by atoms with Crippen molar-refractivity contribution in [3.63, 3.8) is 0 Å². The van der Waals surface area contributed by atoms with Gasteiger partial charge in [0.25, 0.3) is 0 Å². The zero-order chi connectivity index (χ0) is 17.1. The van der Waals surface area contributed by atoms with Crippen LogP contribution in [0, 0.1) is 19.8 Å². The van der Waals surface area contributed by atoms with Gasteiger partial charge in [-0.2, -0.15) is 0 Å². The van der Waals surface area contributed by atoms with Gasteiger partial charge in [-0.3, -0.25) is 9.59 Å². The van der Waals surface area contributed by atoms with E-state index in [4.69, 9.17) is 0 Å². The predicted molar refractivity (Wildman–Crippen MR) is 94.7 cm³/mol. The van der Waals surface area contributed by atoms with Gasteiger partial charge in [0, 0.05) is 25.2 Å². The second-order valence-corrected chi connectivity index (χ2v) is 6.45. The molecule has 1 heterocycles. The summed E-state index contributed by atoms with van der Waals surface area (Å²) in [5.74, 6) is -0.335. The van der Waals surface area contributed by atoms with Crippen molar-refractivity contribution < 1.29 is 9.59 Å². The van der Waals surface area contributed by atoms with Gasteiger partial charge in [0.2, 0.25) is 11.8 Å². The van der Waals surface area contributed by atoms with E-state index in [-0.39, 0.29) is 24.2 Å². The van der Waals surface area contributed by atoms with Crippen molar-refractivity contribution in [3.8, 4) is 0 Å². The molecule has 0 unspecified atom stereocenters. The van der Waals surface area contributed by atoms with Crippen LogP contribution in [0.15, 0.2) is 48.5 Å². The molecule has 4 heteroatoms. The first-order chi connectivity index (χ1) is 11.5. The van der Waals surface area contributed by atoms with Crippen molar-refractivity contribution in [2.75, 3.05) is 11.4 Å². The molecular formula is C20H22N2O2. The van der Waals surface area contributed by atoms with Gasteiger partial charge in [-0.05, 0) is 37.1 Å². The van der Waals surface area contributed by atoms with Gasteiger partial charge >= 0.3 is 0 Å². The topological polar surface area (TPSA) is 49.4 Å². The number of carbonyl (C=O) groups is 2. The Kier molecular flexibility index (Phi) is 4.65. The number of aryl methyl sites for hydroxylation is 2. The second-order valence-electron chi connectivity index (χ2n) is 6.45. The Morgan fingerprint density at radius 3 is 2.58 bits per heavy atom. The zero-order valence-corrected chi connectivity index (χ0v) is 14.1. The van der Waals surface area contributed by atoms with Crippen LogP contribution in [-0.4, -0.2) is 18.4 Å². The first-order valence-corrected chi connectivity index (χ1v) is 8.23. The molecule has 0 aliphatic carbocycles. The smallest absolute Gasteiger partial charge is 0.227 e. The summed E-state index contributed by atoms with van der Waals surface area (Å²) in [5, 5.41) is 2.95. The highest BCUT2D eigenvalue weighted by Crippen LogP contribution is 2.25. The SMILES string of the molecule is Cc1ccc(CNC(=O)[C@H]2CC(=O)N(c3cccc(C)c3)C2)cc1. The second kappa shape index (κ2) is 6.87. The van der Waals surface area contributed by atoms with E-state index in [1.54, 1.807) is 4.90 Å². The summed E-state index contributed by atoms with van der Waals surface area (Å²) >= 11 is 0. The quantitative estimate of drug-likeness (QED) is 0.941. The number of amides is 2. The molecule has 2 amide bonds. The molecule has 2 aromatic rings. The molecule has 0 bridgehead atoms. The van der Waals surface area contributed by atoms with Gasteiger partial charge in [-0.1, -0.05) is 42.0 Å². The Labute approximate surface area is 142 Å². The number of rotatable bonds is 4. The third-order valence-electron chi connectivity index (χ3n) is 4.40. The minimum Gasteiger partial charge on any atom is -0.352 e. The van der Waals surface area contributed by atoms with Crippen LogP contribution in [-0.2, 0) is 16.1 Å². The minimum absolute atomic E-state index is 0.0103. The van der Waals surface area contributed by atoms with Crippen molar-refractivity contribution >= 4 is 17.5 Å². The van der Waals surface area contributed by atoms with E-state index >= 15 is 0 Å². The Morgan fingerprint density at radius 1 is 1.12 bits per heavy atom. The highest BCUT2D eigenvalue weighted by Gasteiger charge is 2.34. The van der Waals surface area contributed by atoms with Crippen molar-refractivity contribution in [2.24, 2.45) is 5.92 Å². The third kappa shape index (κ3) is 3.65. The van der Waals surface area contributed by atoms with E-state index in [0.29, 0.717) is 13.1 Å². The molecule has 1 aliphatic heterocycles. The first kappa shape index (κ1) is 16.2. The number of hydrogen-bond donors (Lipinski definition) is 1. The lowest BCUT2D eigenvalue weighted by atomic mass is 10.1. The molecule has 3 rings (SSSR count). The number of benzene rings is 2. The van der Waals surface area contributed by atoms with Crippen molar-refractivity contribution in [3.05, 3.63) is 65.2 Å². The van der Waals surface area contributed by atoms with Gasteiger partial charge in [0.1, 0.15) is 0 Å². The van der Waals surface area contributed by atoms with E-state index < -0.39 is 0 Å². The summed E-state index contributed by atoms with van der Waals surface area (Å²) in [6.45, 7) is 4.97. The van der Waals surface area contributed by atoms with Crippen LogP contribution in [0.2, 0.25) is 0 Å². The molecule has 4 nitrogen and oxygen atoms in total. The summed E-state index contributed by atoms with van der Waals surface area (Å²) < 4.78 is 0. The number of hydrogen-bond acceptors (Lipinski definition) is 2. The molecule has 24 heavy (non-hydrogen) atoms. The van der Waals surface area contributed by atoms with Gasteiger partial charge in [-0.15, -0.1) is 0 Å². The molecule has 1 N–H and O–H groups in total. The molecule has 1 saturated heterocycles. The minimum atomic E-state index is -0.288. The van der Waals surface area contributed by atoms with E-state index in [1.165, 1.54) is 5.56 Å². The average molecular weight is 322 g/mol. The number of nitrogens with one attached hydrogen (secondary N) is 1. The monoisotopic (exact) mass is 322 g/mol. The Balaban J connectivity index is 1.60. The maximum atomic E-state index is 12.4. The van der Waals surface area contributed by atoms with Crippen LogP contribution < -0.4 is 10.2 Å². The predicted octanol–water partition coefficient (Wildman–Crippen LogP) is 2.97. The van der Waals surface area contributed by atoms with Crippen LogP contribution in [0.25, 0.3) is 0 Å². The van der Waals surface area contributed by atoms with E-state index in [1.807, 2.05) is 62.4 Å². The molecule has 1 atom stereocenters. The Hall–Kier alpha value is -2.62. The van der Waals surface area contributed by atoms with Crippen molar-refractivity contribution in [1.29, 1.82) is 0 Å². The number of anilines is 1. The van der Waals surface area contributed by atoms with Crippen LogP contribution in [0.1, 0.15) is 23.1 Å². The molecule has 1 fully saturated rings. The van der Waals surface area contributed by atoms with Crippen LogP contribution >= 0.6 is 0 Å². The normalized spacial score (nSPS) is 17.2. The lowest BCUT2D eigenvalue weighted by Gasteiger charge is -2.17. The largest absolute Gasteiger partial charge is 0.352 e. The van der Waals surface area contributed by atoms with E-state index in [9.17, 15) is 9.59 Å². The van der Waals surface area contributed by atoms with Crippen LogP contribution in [0.4, 0.5) is 5.69 Å². The highest BCUT2D eigenvalue weighted by molar-refractivity contribution is 6.00. The zero-order valence-electron chi connectivity index (χ0n) is 14.1. The van der Waals surface area contributed by atoms with Gasteiger partial charge in [-0.25, -0.2) is 0 Å². The molecule has 124 valence electrons. The van der Waals surface area contributed by atoms with Crippen molar-refractivity contribution in [2.45, 2.75) is 26.8 Å². The van der Waals surface area contributed by atoms with Gasteiger partial charge in [0.15, 0.2) is 0 Å². The Morgan fingerprint density at radius 2 is 1.88 bits per heavy atom. The molecule has 0 spiro atoms. The molecule has 0 saturated carbocycles. The maximum Gasteiger partial charge on any atom is 0.227 e. The van der Waals surface area contributed by atoms with Gasteiger partial charge in [0.05, 0.1) is 5.92 Å².